The zero-order valence-corrected chi connectivity index (χ0v) is 14.5. The molecule has 0 N–H and O–H groups in total. The Bertz CT molecular complexity index is 700. The first-order chi connectivity index (χ1) is 12.3. The lowest BCUT2D eigenvalue weighted by atomic mass is 10.1. The Balaban J connectivity index is 1.22. The fourth-order valence-electron chi connectivity index (χ4n) is 3.86. The highest BCUT2D eigenvalue weighted by Gasteiger charge is 2.46. The zero-order valence-electron chi connectivity index (χ0n) is 14.5. The maximum atomic E-state index is 12.7. The molecule has 3 heteroatoms. The minimum atomic E-state index is 0.200. The van der Waals surface area contributed by atoms with E-state index in [0.717, 1.165) is 32.5 Å². The van der Waals surface area contributed by atoms with Crippen LogP contribution in [0.3, 0.4) is 0 Å². The number of nitrogens with zero attached hydrogens (tertiary/aromatic N) is 1. The van der Waals surface area contributed by atoms with Gasteiger partial charge in [-0.25, -0.2) is 0 Å². The van der Waals surface area contributed by atoms with E-state index in [9.17, 15) is 4.79 Å². The average Bonchev–Trinajstić information content (AvgIpc) is 3.33. The van der Waals surface area contributed by atoms with Gasteiger partial charge >= 0.3 is 0 Å². The molecule has 4 rings (SSSR count). The topological polar surface area (TPSA) is 29.5 Å². The monoisotopic (exact) mass is 335 g/mol. The molecule has 2 aromatic carbocycles. The second-order valence-electron chi connectivity index (χ2n) is 7.30. The van der Waals surface area contributed by atoms with Gasteiger partial charge in [0.05, 0.1) is 13.2 Å². The average molecular weight is 335 g/mol. The lowest BCUT2D eigenvalue weighted by Gasteiger charge is -2.17. The van der Waals surface area contributed by atoms with Gasteiger partial charge < -0.3 is 9.64 Å². The van der Waals surface area contributed by atoms with Gasteiger partial charge in [0, 0.05) is 24.9 Å². The van der Waals surface area contributed by atoms with E-state index in [4.69, 9.17) is 4.74 Å². The minimum Gasteiger partial charge on any atom is -0.376 e. The smallest absolute Gasteiger partial charge is 0.226 e. The van der Waals surface area contributed by atoms with Crippen LogP contribution in [0.5, 0.6) is 0 Å². The Kier molecular flexibility index (Phi) is 4.84. The SMILES string of the molecule is O=C([C@@H]1C[C@H]1c1ccccc1)N1CC[C@H](COCc2ccccc2)C1. The molecule has 0 spiro atoms. The third kappa shape index (κ3) is 3.93. The van der Waals surface area contributed by atoms with E-state index in [2.05, 4.69) is 41.3 Å². The van der Waals surface area contributed by atoms with E-state index < -0.39 is 0 Å². The molecule has 1 heterocycles. The molecule has 130 valence electrons. The number of rotatable bonds is 6. The lowest BCUT2D eigenvalue weighted by molar-refractivity contribution is -0.131. The Hall–Kier alpha value is -2.13. The van der Waals surface area contributed by atoms with Gasteiger partial charge in [-0.1, -0.05) is 60.7 Å². The van der Waals surface area contributed by atoms with Crippen LogP contribution in [0.1, 0.15) is 29.9 Å². The van der Waals surface area contributed by atoms with Crippen molar-refractivity contribution in [3.05, 3.63) is 71.8 Å². The number of ether oxygens (including phenoxy) is 1. The summed E-state index contributed by atoms with van der Waals surface area (Å²) in [4.78, 5) is 14.8. The maximum absolute atomic E-state index is 12.7. The number of hydrogen-bond acceptors (Lipinski definition) is 2. The molecule has 2 fully saturated rings. The summed E-state index contributed by atoms with van der Waals surface area (Å²) in [6, 6.07) is 20.7. The van der Waals surface area contributed by atoms with Crippen molar-refractivity contribution in [3.8, 4) is 0 Å². The van der Waals surface area contributed by atoms with E-state index in [1.54, 1.807) is 0 Å². The molecular weight excluding hydrogens is 310 g/mol. The van der Waals surface area contributed by atoms with Crippen molar-refractivity contribution in [2.75, 3.05) is 19.7 Å². The van der Waals surface area contributed by atoms with Crippen LogP contribution in [-0.4, -0.2) is 30.5 Å². The van der Waals surface area contributed by atoms with E-state index in [-0.39, 0.29) is 5.92 Å². The van der Waals surface area contributed by atoms with Crippen molar-refractivity contribution in [3.63, 3.8) is 0 Å². The summed E-state index contributed by atoms with van der Waals surface area (Å²) in [5.41, 5.74) is 2.51. The molecule has 3 atom stereocenters. The van der Waals surface area contributed by atoms with E-state index >= 15 is 0 Å². The third-order valence-electron chi connectivity index (χ3n) is 5.40. The van der Waals surface area contributed by atoms with Crippen LogP contribution in [0.15, 0.2) is 60.7 Å². The molecule has 0 unspecified atom stereocenters. The highest BCUT2D eigenvalue weighted by molar-refractivity contribution is 5.83. The molecule has 2 aromatic rings. The number of amides is 1. The molecule has 0 radical (unpaired) electrons. The minimum absolute atomic E-state index is 0.200. The molecule has 1 saturated heterocycles. The molecule has 3 nitrogen and oxygen atoms in total. The van der Waals surface area contributed by atoms with Gasteiger partial charge in [0.2, 0.25) is 5.91 Å². The first-order valence-electron chi connectivity index (χ1n) is 9.26. The predicted octanol–water partition coefficient (Wildman–Crippen LogP) is 3.86. The van der Waals surface area contributed by atoms with Gasteiger partial charge in [-0.15, -0.1) is 0 Å². The normalized spacial score (nSPS) is 25.1. The van der Waals surface area contributed by atoms with Gasteiger partial charge in [-0.2, -0.15) is 0 Å². The standard InChI is InChI=1S/C22H25NO2/c24-22(21-13-20(21)19-9-5-2-6-10-19)23-12-11-18(14-23)16-25-15-17-7-3-1-4-8-17/h1-10,18,20-21H,11-16H2/t18-,20-,21+/m0/s1. The lowest BCUT2D eigenvalue weighted by Crippen LogP contribution is -2.31. The van der Waals surface area contributed by atoms with Crippen LogP contribution < -0.4 is 0 Å². The fourth-order valence-corrected chi connectivity index (χ4v) is 3.86. The molecule has 1 aliphatic carbocycles. The zero-order chi connectivity index (χ0) is 17.1. The van der Waals surface area contributed by atoms with Gasteiger partial charge in [0.15, 0.2) is 0 Å². The number of carbonyl (C=O) groups excluding carboxylic acids is 1. The number of benzene rings is 2. The van der Waals surface area contributed by atoms with Gasteiger partial charge in [0.25, 0.3) is 0 Å². The molecule has 0 aromatic heterocycles. The summed E-state index contributed by atoms with van der Waals surface area (Å²) >= 11 is 0. The Morgan fingerprint density at radius 1 is 1.04 bits per heavy atom. The van der Waals surface area contributed by atoms with Crippen molar-refractivity contribution in [1.82, 2.24) is 4.90 Å². The second-order valence-corrected chi connectivity index (χ2v) is 7.30. The molecule has 25 heavy (non-hydrogen) atoms. The summed E-state index contributed by atoms with van der Waals surface area (Å²) in [5, 5.41) is 0. The molecule has 1 saturated carbocycles. The molecule has 2 aliphatic rings. The Labute approximate surface area is 149 Å². The highest BCUT2D eigenvalue weighted by atomic mass is 16.5. The van der Waals surface area contributed by atoms with Crippen molar-refractivity contribution >= 4 is 5.91 Å². The van der Waals surface area contributed by atoms with Gasteiger partial charge in [-0.3, -0.25) is 4.79 Å². The van der Waals surface area contributed by atoms with E-state index in [0.29, 0.717) is 24.3 Å². The summed E-state index contributed by atoms with van der Waals surface area (Å²) < 4.78 is 5.86. The van der Waals surface area contributed by atoms with Crippen molar-refractivity contribution in [2.45, 2.75) is 25.4 Å². The largest absolute Gasteiger partial charge is 0.376 e. The second kappa shape index (κ2) is 7.40. The van der Waals surface area contributed by atoms with Gasteiger partial charge in [-0.05, 0) is 29.9 Å². The van der Waals surface area contributed by atoms with Crippen LogP contribution in [0.4, 0.5) is 0 Å². The summed E-state index contributed by atoms with van der Waals surface area (Å²) in [7, 11) is 0. The quantitative estimate of drug-likeness (QED) is 0.802. The first kappa shape index (κ1) is 16.3. The molecule has 1 amide bonds. The van der Waals surface area contributed by atoms with Crippen LogP contribution in [-0.2, 0) is 16.1 Å². The van der Waals surface area contributed by atoms with Crippen molar-refractivity contribution in [2.24, 2.45) is 11.8 Å². The van der Waals surface area contributed by atoms with E-state index in [1.807, 2.05) is 24.3 Å². The number of carbonyl (C=O) groups is 1. The summed E-state index contributed by atoms with van der Waals surface area (Å²) in [5.74, 6) is 1.45. The van der Waals surface area contributed by atoms with E-state index in [1.165, 1.54) is 11.1 Å². The molecule has 1 aliphatic heterocycles. The van der Waals surface area contributed by atoms with Gasteiger partial charge in [0.1, 0.15) is 0 Å². The van der Waals surface area contributed by atoms with Crippen LogP contribution in [0.25, 0.3) is 0 Å². The van der Waals surface area contributed by atoms with Crippen LogP contribution in [0.2, 0.25) is 0 Å². The number of hydrogen-bond donors (Lipinski definition) is 0. The van der Waals surface area contributed by atoms with Crippen molar-refractivity contribution < 1.29 is 9.53 Å². The summed E-state index contributed by atoms with van der Waals surface area (Å²) in [6.45, 7) is 3.14. The Morgan fingerprint density at radius 3 is 2.52 bits per heavy atom. The third-order valence-corrected chi connectivity index (χ3v) is 5.40. The predicted molar refractivity (Wildman–Crippen MR) is 98.1 cm³/mol. The van der Waals surface area contributed by atoms with Crippen LogP contribution >= 0.6 is 0 Å². The molecular formula is C22H25NO2. The molecule has 0 bridgehead atoms. The number of likely N-dealkylation sites (tertiary alicyclic amines) is 1. The first-order valence-corrected chi connectivity index (χ1v) is 9.26. The maximum Gasteiger partial charge on any atom is 0.226 e. The fraction of sp³-hybridized carbons (Fsp3) is 0.409. The van der Waals surface area contributed by atoms with Crippen molar-refractivity contribution in [1.29, 1.82) is 0 Å². The summed E-state index contributed by atoms with van der Waals surface area (Å²) in [6.07, 6.45) is 2.07. The Morgan fingerprint density at radius 2 is 1.76 bits per heavy atom. The highest BCUT2D eigenvalue weighted by Crippen LogP contribution is 2.48. The van der Waals surface area contributed by atoms with Crippen LogP contribution in [0, 0.1) is 11.8 Å².